The first-order valence-electron chi connectivity index (χ1n) is 7.12. The van der Waals surface area contributed by atoms with Gasteiger partial charge in [-0.15, -0.1) is 0 Å². The Morgan fingerprint density at radius 3 is 2.57 bits per heavy atom. The SMILES string of the molecule is CCNS(=O)(=O)c1ccc(N)c(N2CCC(C)(O)CC2)c1. The molecule has 1 saturated heterocycles. The average molecular weight is 313 g/mol. The van der Waals surface area contributed by atoms with Gasteiger partial charge in [-0.1, -0.05) is 6.92 Å². The third kappa shape index (κ3) is 3.66. The maximum absolute atomic E-state index is 12.1. The number of anilines is 2. The Morgan fingerprint density at radius 1 is 1.38 bits per heavy atom. The topological polar surface area (TPSA) is 95.7 Å². The number of hydrogen-bond donors (Lipinski definition) is 3. The summed E-state index contributed by atoms with van der Waals surface area (Å²) in [5, 5.41) is 10.00. The van der Waals surface area contributed by atoms with Gasteiger partial charge in [-0.3, -0.25) is 0 Å². The van der Waals surface area contributed by atoms with Crippen molar-refractivity contribution < 1.29 is 13.5 Å². The van der Waals surface area contributed by atoms with Gasteiger partial charge < -0.3 is 15.7 Å². The van der Waals surface area contributed by atoms with Crippen LogP contribution in [0.3, 0.4) is 0 Å². The number of rotatable bonds is 4. The predicted molar refractivity (Wildman–Crippen MR) is 83.8 cm³/mol. The van der Waals surface area contributed by atoms with Crippen LogP contribution in [0, 0.1) is 0 Å². The highest BCUT2D eigenvalue weighted by molar-refractivity contribution is 7.89. The molecule has 1 aromatic carbocycles. The highest BCUT2D eigenvalue weighted by atomic mass is 32.2. The molecule has 0 spiro atoms. The van der Waals surface area contributed by atoms with Crippen molar-refractivity contribution in [2.75, 3.05) is 30.3 Å². The van der Waals surface area contributed by atoms with E-state index in [2.05, 4.69) is 4.72 Å². The Bertz CT molecular complexity index is 604. The van der Waals surface area contributed by atoms with Crippen LogP contribution < -0.4 is 15.4 Å². The van der Waals surface area contributed by atoms with Gasteiger partial charge in [0.2, 0.25) is 10.0 Å². The van der Waals surface area contributed by atoms with Crippen LogP contribution in [0.4, 0.5) is 11.4 Å². The molecular formula is C14H23N3O3S. The zero-order valence-electron chi connectivity index (χ0n) is 12.5. The number of nitrogens with two attached hydrogens (primary N) is 1. The summed E-state index contributed by atoms with van der Waals surface area (Å²) in [6, 6.07) is 4.73. The first kappa shape index (κ1) is 16.1. The Kier molecular flexibility index (Phi) is 4.46. The molecule has 2 rings (SSSR count). The Balaban J connectivity index is 2.29. The van der Waals surface area contributed by atoms with Crippen molar-refractivity contribution in [2.24, 2.45) is 0 Å². The summed E-state index contributed by atoms with van der Waals surface area (Å²) in [6.45, 7) is 5.21. The van der Waals surface area contributed by atoms with Crippen molar-refractivity contribution in [1.29, 1.82) is 0 Å². The minimum Gasteiger partial charge on any atom is -0.397 e. The van der Waals surface area contributed by atoms with Crippen molar-refractivity contribution in [2.45, 2.75) is 37.2 Å². The number of nitrogen functional groups attached to an aromatic ring is 1. The number of piperidine rings is 1. The van der Waals surface area contributed by atoms with Gasteiger partial charge in [0, 0.05) is 19.6 Å². The van der Waals surface area contributed by atoms with E-state index in [1.54, 1.807) is 19.1 Å². The van der Waals surface area contributed by atoms with Gasteiger partial charge in [-0.2, -0.15) is 0 Å². The van der Waals surface area contributed by atoms with Crippen LogP contribution in [0.15, 0.2) is 23.1 Å². The maximum atomic E-state index is 12.1. The van der Waals surface area contributed by atoms with E-state index in [-0.39, 0.29) is 4.90 Å². The zero-order valence-corrected chi connectivity index (χ0v) is 13.3. The molecule has 7 heteroatoms. The molecule has 1 aromatic rings. The number of benzene rings is 1. The van der Waals surface area contributed by atoms with Crippen LogP contribution in [0.5, 0.6) is 0 Å². The van der Waals surface area contributed by atoms with E-state index in [1.807, 2.05) is 11.8 Å². The van der Waals surface area contributed by atoms with Crippen molar-refractivity contribution in [3.63, 3.8) is 0 Å². The normalized spacial score (nSPS) is 18.7. The minimum atomic E-state index is -3.49. The monoisotopic (exact) mass is 313 g/mol. The van der Waals surface area contributed by atoms with Crippen molar-refractivity contribution in [3.05, 3.63) is 18.2 Å². The number of nitrogens with one attached hydrogen (secondary N) is 1. The lowest BCUT2D eigenvalue weighted by molar-refractivity contribution is 0.0351. The van der Waals surface area contributed by atoms with E-state index >= 15 is 0 Å². The molecule has 0 bridgehead atoms. The summed E-state index contributed by atoms with van der Waals surface area (Å²) in [5.41, 5.74) is 6.59. The van der Waals surface area contributed by atoms with Crippen LogP contribution in [0.1, 0.15) is 26.7 Å². The molecule has 4 N–H and O–H groups in total. The van der Waals surface area contributed by atoms with Crippen LogP contribution in [-0.4, -0.2) is 38.8 Å². The predicted octanol–water partition coefficient (Wildman–Crippen LogP) is 0.918. The smallest absolute Gasteiger partial charge is 0.240 e. The number of hydrogen-bond acceptors (Lipinski definition) is 5. The van der Waals surface area contributed by atoms with Crippen molar-refractivity contribution >= 4 is 21.4 Å². The van der Waals surface area contributed by atoms with Crippen LogP contribution >= 0.6 is 0 Å². The number of aliphatic hydroxyl groups is 1. The van der Waals surface area contributed by atoms with Gasteiger partial charge in [0.05, 0.1) is 21.9 Å². The molecule has 1 heterocycles. The second kappa shape index (κ2) is 5.82. The summed E-state index contributed by atoms with van der Waals surface area (Å²) in [6.07, 6.45) is 1.27. The van der Waals surface area contributed by atoms with Crippen LogP contribution in [0.25, 0.3) is 0 Å². The standard InChI is InChI=1S/C14H23N3O3S/c1-3-16-21(19,20)11-4-5-12(15)13(10-11)17-8-6-14(2,18)7-9-17/h4-5,10,16,18H,3,6-9,15H2,1-2H3. The summed E-state index contributed by atoms with van der Waals surface area (Å²) in [5.74, 6) is 0. The fraction of sp³-hybridized carbons (Fsp3) is 0.571. The fourth-order valence-corrected chi connectivity index (χ4v) is 3.53. The van der Waals surface area contributed by atoms with Gasteiger partial charge in [-0.05, 0) is 38.0 Å². The van der Waals surface area contributed by atoms with E-state index < -0.39 is 15.6 Å². The van der Waals surface area contributed by atoms with Crippen LogP contribution in [-0.2, 0) is 10.0 Å². The first-order valence-corrected chi connectivity index (χ1v) is 8.60. The Morgan fingerprint density at radius 2 is 2.00 bits per heavy atom. The molecule has 6 nitrogen and oxygen atoms in total. The molecule has 0 amide bonds. The van der Waals surface area contributed by atoms with Gasteiger partial charge >= 0.3 is 0 Å². The van der Waals surface area contributed by atoms with Gasteiger partial charge in [0.15, 0.2) is 0 Å². The second-order valence-electron chi connectivity index (χ2n) is 5.71. The second-order valence-corrected chi connectivity index (χ2v) is 7.47. The lowest BCUT2D eigenvalue weighted by Gasteiger charge is -2.37. The molecule has 0 unspecified atom stereocenters. The maximum Gasteiger partial charge on any atom is 0.240 e. The summed E-state index contributed by atoms with van der Waals surface area (Å²) < 4.78 is 26.6. The highest BCUT2D eigenvalue weighted by Gasteiger charge is 2.28. The number of nitrogens with zero attached hydrogens (tertiary/aromatic N) is 1. The molecule has 0 aliphatic carbocycles. The minimum absolute atomic E-state index is 0.214. The molecule has 1 fully saturated rings. The van der Waals surface area contributed by atoms with Gasteiger partial charge in [-0.25, -0.2) is 13.1 Å². The van der Waals surface area contributed by atoms with Crippen LogP contribution in [0.2, 0.25) is 0 Å². The van der Waals surface area contributed by atoms with E-state index in [9.17, 15) is 13.5 Å². The molecule has 0 saturated carbocycles. The van der Waals surface area contributed by atoms with E-state index in [1.165, 1.54) is 6.07 Å². The summed E-state index contributed by atoms with van der Waals surface area (Å²) in [7, 11) is -3.49. The quantitative estimate of drug-likeness (QED) is 0.718. The van der Waals surface area contributed by atoms with Crippen molar-refractivity contribution in [3.8, 4) is 0 Å². The lowest BCUT2D eigenvalue weighted by Crippen LogP contribution is -2.42. The molecule has 21 heavy (non-hydrogen) atoms. The van der Waals surface area contributed by atoms with Crippen molar-refractivity contribution in [1.82, 2.24) is 4.72 Å². The number of sulfonamides is 1. The molecular weight excluding hydrogens is 290 g/mol. The largest absolute Gasteiger partial charge is 0.397 e. The molecule has 0 aromatic heterocycles. The van der Waals surface area contributed by atoms with Gasteiger partial charge in [0.1, 0.15) is 0 Å². The Labute approximate surface area is 126 Å². The first-order chi connectivity index (χ1) is 9.75. The van der Waals surface area contributed by atoms with E-state index in [0.717, 1.165) is 0 Å². The highest BCUT2D eigenvalue weighted by Crippen LogP contribution is 2.31. The van der Waals surface area contributed by atoms with E-state index in [4.69, 9.17) is 5.73 Å². The zero-order chi connectivity index (χ0) is 15.7. The molecule has 1 aliphatic heterocycles. The fourth-order valence-electron chi connectivity index (χ4n) is 2.47. The molecule has 0 radical (unpaired) electrons. The Hall–Kier alpha value is -1.31. The summed E-state index contributed by atoms with van der Waals surface area (Å²) in [4.78, 5) is 2.24. The molecule has 1 aliphatic rings. The third-order valence-corrected chi connectivity index (χ3v) is 5.37. The lowest BCUT2D eigenvalue weighted by atomic mass is 9.93. The average Bonchev–Trinajstić information content (AvgIpc) is 2.39. The molecule has 118 valence electrons. The van der Waals surface area contributed by atoms with E-state index in [0.29, 0.717) is 43.9 Å². The molecule has 0 atom stereocenters. The van der Waals surface area contributed by atoms with Gasteiger partial charge in [0.25, 0.3) is 0 Å². The summed E-state index contributed by atoms with van der Waals surface area (Å²) >= 11 is 0. The third-order valence-electron chi connectivity index (χ3n) is 3.83.